The molecule has 0 aromatic carbocycles. The van der Waals surface area contributed by atoms with Crippen LogP contribution in [0.4, 0.5) is 8.78 Å². The van der Waals surface area contributed by atoms with Gasteiger partial charge in [0.2, 0.25) is 0 Å². The van der Waals surface area contributed by atoms with Crippen molar-refractivity contribution in [3.05, 3.63) is 12.2 Å². The zero-order valence-corrected chi connectivity index (χ0v) is 20.0. The smallest absolute Gasteiger partial charge is 0.174 e. The molecule has 0 nitrogen and oxygen atoms in total. The van der Waals surface area contributed by atoms with Gasteiger partial charge in [-0.15, -0.1) is 0 Å². The first-order chi connectivity index (χ1) is 14.7. The van der Waals surface area contributed by atoms with Crippen molar-refractivity contribution in [2.24, 2.45) is 23.7 Å². The van der Waals surface area contributed by atoms with Crippen LogP contribution in [-0.4, -0.2) is 0 Å². The van der Waals surface area contributed by atoms with Crippen molar-refractivity contribution in [3.63, 3.8) is 0 Å². The number of allylic oxidation sites excluding steroid dienone is 1. The molecule has 0 unspecified atom stereocenters. The number of rotatable bonds is 15. The summed E-state index contributed by atoms with van der Waals surface area (Å²) in [6.45, 7) is 2.29. The Balaban J connectivity index is 1.44. The molecule has 0 saturated heterocycles. The van der Waals surface area contributed by atoms with Crippen LogP contribution in [0.15, 0.2) is 12.2 Å². The lowest BCUT2D eigenvalue weighted by molar-refractivity contribution is 0.140. The molecule has 0 aromatic rings. The third kappa shape index (κ3) is 11.3. The highest BCUT2D eigenvalue weighted by atomic mass is 19.3. The molecular weight excluding hydrogens is 374 g/mol. The van der Waals surface area contributed by atoms with Gasteiger partial charge in [-0.1, -0.05) is 103 Å². The maximum Gasteiger partial charge on any atom is 0.266 e. The van der Waals surface area contributed by atoms with Gasteiger partial charge in [0.25, 0.3) is 6.08 Å². The third-order valence-electron chi connectivity index (χ3n) is 8.29. The quantitative estimate of drug-likeness (QED) is 0.229. The van der Waals surface area contributed by atoms with Crippen molar-refractivity contribution in [2.45, 2.75) is 142 Å². The largest absolute Gasteiger partial charge is 0.266 e. The summed E-state index contributed by atoms with van der Waals surface area (Å²) in [5.74, 6) is 3.62. The molecule has 0 heterocycles. The van der Waals surface area contributed by atoms with E-state index in [0.29, 0.717) is 12.3 Å². The van der Waals surface area contributed by atoms with Crippen molar-refractivity contribution in [3.8, 4) is 0 Å². The maximum atomic E-state index is 12.2. The average Bonchev–Trinajstić information content (AvgIpc) is 2.76. The standard InChI is InChI=1S/C28H50F2/c1-2-3-4-5-6-7-8-9-10-11-13-24-16-20-26(21-17-24)27-22-18-25(19-23-27)14-12-15-28(29)30/h15,24-27H,2-14,16-23H2,1H3/t24-,25-,26-,27-. The summed E-state index contributed by atoms with van der Waals surface area (Å²) in [5.41, 5.74) is 0. The number of halogens is 2. The Morgan fingerprint density at radius 1 is 0.600 bits per heavy atom. The minimum atomic E-state index is -1.50. The highest BCUT2D eigenvalue weighted by Gasteiger charge is 2.30. The molecule has 2 rings (SSSR count). The fourth-order valence-corrected chi connectivity index (χ4v) is 6.25. The van der Waals surface area contributed by atoms with E-state index in [1.807, 2.05) is 0 Å². The summed E-state index contributed by atoms with van der Waals surface area (Å²) in [6.07, 6.45) is 28.2. The lowest BCUT2D eigenvalue weighted by Gasteiger charge is -2.38. The summed E-state index contributed by atoms with van der Waals surface area (Å²) in [5, 5.41) is 0. The van der Waals surface area contributed by atoms with Crippen LogP contribution in [0.3, 0.4) is 0 Å². The van der Waals surface area contributed by atoms with Gasteiger partial charge in [-0.2, -0.15) is 8.78 Å². The van der Waals surface area contributed by atoms with Crippen LogP contribution in [0.25, 0.3) is 0 Å². The third-order valence-corrected chi connectivity index (χ3v) is 8.29. The van der Waals surface area contributed by atoms with Crippen molar-refractivity contribution in [1.82, 2.24) is 0 Å². The first-order valence-electron chi connectivity index (χ1n) is 13.7. The van der Waals surface area contributed by atoms with Gasteiger partial charge in [-0.3, -0.25) is 0 Å². The van der Waals surface area contributed by atoms with Crippen molar-refractivity contribution in [2.75, 3.05) is 0 Å². The van der Waals surface area contributed by atoms with Crippen LogP contribution in [-0.2, 0) is 0 Å². The number of hydrogen-bond acceptors (Lipinski definition) is 0. The van der Waals surface area contributed by atoms with Gasteiger partial charge in [0.1, 0.15) is 0 Å². The minimum Gasteiger partial charge on any atom is -0.174 e. The molecule has 2 heteroatoms. The van der Waals surface area contributed by atoms with Crippen molar-refractivity contribution in [1.29, 1.82) is 0 Å². The predicted molar refractivity (Wildman–Crippen MR) is 127 cm³/mol. The second kappa shape index (κ2) is 16.3. The molecule has 2 aliphatic carbocycles. The molecule has 0 aromatic heterocycles. The Kier molecular flexibility index (Phi) is 14.0. The van der Waals surface area contributed by atoms with E-state index in [9.17, 15) is 8.78 Å². The van der Waals surface area contributed by atoms with E-state index in [0.717, 1.165) is 30.3 Å². The topological polar surface area (TPSA) is 0 Å². The average molecular weight is 425 g/mol. The zero-order chi connectivity index (χ0) is 21.4. The summed E-state index contributed by atoms with van der Waals surface area (Å²) >= 11 is 0. The Labute approximate surface area is 186 Å². The number of hydrogen-bond donors (Lipinski definition) is 0. The van der Waals surface area contributed by atoms with E-state index in [1.165, 1.54) is 122 Å². The highest BCUT2D eigenvalue weighted by Crippen LogP contribution is 2.43. The van der Waals surface area contributed by atoms with Gasteiger partial charge in [0.15, 0.2) is 0 Å². The summed E-state index contributed by atoms with van der Waals surface area (Å²) in [7, 11) is 0. The molecule has 2 aliphatic rings. The van der Waals surface area contributed by atoms with Gasteiger partial charge in [0.05, 0.1) is 0 Å². The van der Waals surface area contributed by atoms with Crippen LogP contribution < -0.4 is 0 Å². The first-order valence-corrected chi connectivity index (χ1v) is 13.7. The Bertz CT molecular complexity index is 424. The molecule has 0 spiro atoms. The van der Waals surface area contributed by atoms with Crippen LogP contribution in [0.5, 0.6) is 0 Å². The van der Waals surface area contributed by atoms with Crippen LogP contribution >= 0.6 is 0 Å². The monoisotopic (exact) mass is 424 g/mol. The summed E-state index contributed by atoms with van der Waals surface area (Å²) < 4.78 is 24.4. The molecule has 176 valence electrons. The molecule has 0 amide bonds. The van der Waals surface area contributed by atoms with E-state index < -0.39 is 6.08 Å². The van der Waals surface area contributed by atoms with E-state index >= 15 is 0 Å². The van der Waals surface area contributed by atoms with Crippen LogP contribution in [0.1, 0.15) is 142 Å². The van der Waals surface area contributed by atoms with Crippen molar-refractivity contribution < 1.29 is 8.78 Å². The Hall–Kier alpha value is -0.400. The second-order valence-corrected chi connectivity index (χ2v) is 10.6. The molecule has 0 aliphatic heterocycles. The molecule has 0 bridgehead atoms. The highest BCUT2D eigenvalue weighted by molar-refractivity contribution is 4.85. The van der Waals surface area contributed by atoms with E-state index in [2.05, 4.69) is 6.92 Å². The SMILES string of the molecule is CCCCCCCCCCCC[C@H]1CC[C@H]([C@H]2CC[C@H](CCC=C(F)F)CC2)CC1. The fraction of sp³-hybridized carbons (Fsp3) is 0.929. The Morgan fingerprint density at radius 3 is 1.50 bits per heavy atom. The molecule has 30 heavy (non-hydrogen) atoms. The van der Waals surface area contributed by atoms with Gasteiger partial charge in [-0.25, -0.2) is 0 Å². The first kappa shape index (κ1) is 25.9. The fourth-order valence-electron chi connectivity index (χ4n) is 6.25. The second-order valence-electron chi connectivity index (χ2n) is 10.6. The lowest BCUT2D eigenvalue weighted by Crippen LogP contribution is -2.25. The predicted octanol–water partition coefficient (Wildman–Crippen LogP) is 10.5. The van der Waals surface area contributed by atoms with E-state index in [1.54, 1.807) is 0 Å². The Morgan fingerprint density at radius 2 is 1.03 bits per heavy atom. The van der Waals surface area contributed by atoms with Crippen LogP contribution in [0.2, 0.25) is 0 Å². The van der Waals surface area contributed by atoms with E-state index in [-0.39, 0.29) is 0 Å². The summed E-state index contributed by atoms with van der Waals surface area (Å²) in [4.78, 5) is 0. The normalized spacial score (nSPS) is 27.2. The molecule has 0 atom stereocenters. The van der Waals surface area contributed by atoms with Crippen molar-refractivity contribution >= 4 is 0 Å². The van der Waals surface area contributed by atoms with Gasteiger partial charge < -0.3 is 0 Å². The van der Waals surface area contributed by atoms with E-state index in [4.69, 9.17) is 0 Å². The molecular formula is C28H50F2. The van der Waals surface area contributed by atoms with Gasteiger partial charge in [-0.05, 0) is 68.3 Å². The molecule has 2 saturated carbocycles. The molecule has 0 radical (unpaired) electrons. The molecule has 2 fully saturated rings. The maximum absolute atomic E-state index is 12.2. The lowest BCUT2D eigenvalue weighted by atomic mass is 9.68. The minimum absolute atomic E-state index is 0.571. The summed E-state index contributed by atoms with van der Waals surface area (Å²) in [6, 6.07) is 0. The number of unbranched alkanes of at least 4 members (excludes halogenated alkanes) is 9. The van der Waals surface area contributed by atoms with Gasteiger partial charge in [0, 0.05) is 0 Å². The molecule has 0 N–H and O–H groups in total. The zero-order valence-electron chi connectivity index (χ0n) is 20.0. The van der Waals surface area contributed by atoms with Gasteiger partial charge >= 0.3 is 0 Å². The van der Waals surface area contributed by atoms with Crippen LogP contribution in [0, 0.1) is 23.7 Å².